The van der Waals surface area contributed by atoms with Gasteiger partial charge in [-0.3, -0.25) is 4.79 Å². The fourth-order valence-electron chi connectivity index (χ4n) is 2.12. The van der Waals surface area contributed by atoms with Crippen LogP contribution in [0.2, 0.25) is 0 Å². The van der Waals surface area contributed by atoms with Crippen LogP contribution in [0.15, 0.2) is 24.3 Å². The van der Waals surface area contributed by atoms with E-state index in [2.05, 4.69) is 17.6 Å². The van der Waals surface area contributed by atoms with Crippen LogP contribution in [-0.2, 0) is 16.1 Å². The first-order valence-corrected chi connectivity index (χ1v) is 7.61. The first-order valence-electron chi connectivity index (χ1n) is 7.61. The van der Waals surface area contributed by atoms with E-state index in [1.54, 1.807) is 0 Å². The van der Waals surface area contributed by atoms with Crippen molar-refractivity contribution in [3.63, 3.8) is 0 Å². The van der Waals surface area contributed by atoms with E-state index in [-0.39, 0.29) is 11.8 Å². The molecule has 1 aromatic carbocycles. The predicted molar refractivity (Wildman–Crippen MR) is 85.4 cm³/mol. The Morgan fingerprint density at radius 2 is 1.82 bits per heavy atom. The van der Waals surface area contributed by atoms with E-state index >= 15 is 0 Å². The van der Waals surface area contributed by atoms with Gasteiger partial charge in [0, 0.05) is 18.2 Å². The minimum atomic E-state index is -0.502. The van der Waals surface area contributed by atoms with Gasteiger partial charge in [0.05, 0.1) is 0 Å². The lowest BCUT2D eigenvalue weighted by Gasteiger charge is -2.19. The molecule has 0 aromatic heterocycles. The predicted octanol–water partition coefficient (Wildman–Crippen LogP) is 3.31. The number of amides is 2. The van der Waals surface area contributed by atoms with E-state index in [4.69, 9.17) is 4.74 Å². The number of nitrogens with one attached hydrogen (secondary N) is 2. The summed E-state index contributed by atoms with van der Waals surface area (Å²) in [4.78, 5) is 23.4. The molecule has 1 aromatic rings. The number of hydrogen-bond acceptors (Lipinski definition) is 3. The smallest absolute Gasteiger partial charge is 0.407 e. The average molecular weight is 304 g/mol. The van der Waals surface area contributed by atoms with Gasteiger partial charge in [-0.2, -0.15) is 0 Å². The van der Waals surface area contributed by atoms with Crippen LogP contribution in [-0.4, -0.2) is 17.6 Å². The first kappa shape index (κ1) is 16.3. The lowest BCUT2D eigenvalue weighted by Crippen LogP contribution is -2.32. The normalized spacial score (nSPS) is 20.2. The van der Waals surface area contributed by atoms with E-state index in [0.717, 1.165) is 17.7 Å². The van der Waals surface area contributed by atoms with Crippen molar-refractivity contribution in [2.45, 2.75) is 46.3 Å². The molecule has 22 heavy (non-hydrogen) atoms. The number of carbonyl (C=O) groups is 2. The van der Waals surface area contributed by atoms with Gasteiger partial charge in [0.25, 0.3) is 0 Å². The van der Waals surface area contributed by atoms with Crippen LogP contribution < -0.4 is 10.6 Å². The summed E-state index contributed by atoms with van der Waals surface area (Å²) in [6.07, 6.45) is 0.539. The van der Waals surface area contributed by atoms with Crippen molar-refractivity contribution in [3.05, 3.63) is 29.8 Å². The Bertz CT molecular complexity index is 546. The molecular weight excluding hydrogens is 280 g/mol. The summed E-state index contributed by atoms with van der Waals surface area (Å²) >= 11 is 0. The van der Waals surface area contributed by atoms with Crippen LogP contribution in [0.5, 0.6) is 0 Å². The number of ether oxygens (including phenoxy) is 1. The van der Waals surface area contributed by atoms with Crippen LogP contribution in [0.3, 0.4) is 0 Å². The molecule has 2 N–H and O–H groups in total. The third-order valence-corrected chi connectivity index (χ3v) is 3.50. The van der Waals surface area contributed by atoms with Gasteiger partial charge in [0.1, 0.15) is 5.60 Å². The SMILES string of the molecule is CC1CC1C(=O)Nc1ccc(CNC(=O)OC(C)(C)C)cc1. The second-order valence-electron chi connectivity index (χ2n) is 6.86. The molecule has 0 spiro atoms. The molecule has 0 radical (unpaired) electrons. The van der Waals surface area contributed by atoms with Crippen molar-refractivity contribution in [3.8, 4) is 0 Å². The molecule has 1 aliphatic rings. The van der Waals surface area contributed by atoms with E-state index in [1.165, 1.54) is 0 Å². The second kappa shape index (κ2) is 6.38. The highest BCUT2D eigenvalue weighted by molar-refractivity contribution is 5.94. The standard InChI is InChI=1S/C17H24N2O3/c1-11-9-14(11)15(20)19-13-7-5-12(6-8-13)10-18-16(21)22-17(2,3)4/h5-8,11,14H,9-10H2,1-4H3,(H,18,21)(H,19,20). The monoisotopic (exact) mass is 304 g/mol. The lowest BCUT2D eigenvalue weighted by atomic mass is 10.2. The van der Waals surface area contributed by atoms with Crippen LogP contribution in [0.1, 0.15) is 39.7 Å². The Balaban J connectivity index is 1.79. The highest BCUT2D eigenvalue weighted by Gasteiger charge is 2.38. The van der Waals surface area contributed by atoms with Gasteiger partial charge in [0.15, 0.2) is 0 Å². The van der Waals surface area contributed by atoms with Crippen LogP contribution in [0, 0.1) is 11.8 Å². The zero-order chi connectivity index (χ0) is 16.3. The molecule has 0 saturated heterocycles. The molecule has 0 heterocycles. The summed E-state index contributed by atoms with van der Waals surface area (Å²) in [6, 6.07) is 7.45. The zero-order valence-corrected chi connectivity index (χ0v) is 13.6. The van der Waals surface area contributed by atoms with Gasteiger partial charge in [-0.1, -0.05) is 19.1 Å². The van der Waals surface area contributed by atoms with Crippen molar-refractivity contribution < 1.29 is 14.3 Å². The maximum absolute atomic E-state index is 11.8. The van der Waals surface area contributed by atoms with E-state index in [1.807, 2.05) is 45.0 Å². The van der Waals surface area contributed by atoms with Crippen molar-refractivity contribution in [1.29, 1.82) is 0 Å². The molecule has 1 fully saturated rings. The fraction of sp³-hybridized carbons (Fsp3) is 0.529. The zero-order valence-electron chi connectivity index (χ0n) is 13.6. The molecule has 2 rings (SSSR count). The van der Waals surface area contributed by atoms with Crippen LogP contribution in [0.25, 0.3) is 0 Å². The molecule has 120 valence electrons. The number of rotatable bonds is 4. The molecule has 0 bridgehead atoms. The Labute approximate surface area is 131 Å². The molecular formula is C17H24N2O3. The largest absolute Gasteiger partial charge is 0.444 e. The first-order chi connectivity index (χ1) is 10.2. The summed E-state index contributed by atoms with van der Waals surface area (Å²) in [6.45, 7) is 7.94. The van der Waals surface area contributed by atoms with E-state index < -0.39 is 11.7 Å². The number of carbonyl (C=O) groups excluding carboxylic acids is 2. The Kier molecular flexibility index (Phi) is 4.74. The Morgan fingerprint density at radius 1 is 1.23 bits per heavy atom. The van der Waals surface area contributed by atoms with E-state index in [9.17, 15) is 9.59 Å². The quantitative estimate of drug-likeness (QED) is 0.896. The van der Waals surface area contributed by atoms with Gasteiger partial charge in [0.2, 0.25) is 5.91 Å². The number of hydrogen-bond donors (Lipinski definition) is 2. The third-order valence-electron chi connectivity index (χ3n) is 3.50. The van der Waals surface area contributed by atoms with Gasteiger partial charge < -0.3 is 15.4 Å². The van der Waals surface area contributed by atoms with Crippen molar-refractivity contribution >= 4 is 17.7 Å². The molecule has 1 saturated carbocycles. The van der Waals surface area contributed by atoms with Gasteiger partial charge >= 0.3 is 6.09 Å². The highest BCUT2D eigenvalue weighted by atomic mass is 16.6. The Hall–Kier alpha value is -2.04. The Morgan fingerprint density at radius 3 is 2.32 bits per heavy atom. The summed E-state index contributed by atoms with van der Waals surface area (Å²) in [5.74, 6) is 0.748. The van der Waals surface area contributed by atoms with Gasteiger partial charge in [-0.05, 0) is 50.8 Å². The molecule has 5 heteroatoms. The van der Waals surface area contributed by atoms with Crippen molar-refractivity contribution in [2.75, 3.05) is 5.32 Å². The molecule has 5 nitrogen and oxygen atoms in total. The van der Waals surface area contributed by atoms with Crippen LogP contribution >= 0.6 is 0 Å². The highest BCUT2D eigenvalue weighted by Crippen LogP contribution is 2.38. The molecule has 1 aliphatic carbocycles. The van der Waals surface area contributed by atoms with Crippen molar-refractivity contribution in [1.82, 2.24) is 5.32 Å². The number of anilines is 1. The minimum absolute atomic E-state index is 0.0899. The maximum atomic E-state index is 11.8. The molecule has 0 aliphatic heterocycles. The third kappa shape index (κ3) is 5.06. The molecule has 2 amide bonds. The average Bonchev–Trinajstić information content (AvgIpc) is 3.13. The molecule has 2 atom stereocenters. The maximum Gasteiger partial charge on any atom is 0.407 e. The summed E-state index contributed by atoms with van der Waals surface area (Å²) in [5.41, 5.74) is 1.23. The van der Waals surface area contributed by atoms with E-state index in [0.29, 0.717) is 12.5 Å². The number of alkyl carbamates (subject to hydrolysis) is 1. The fourth-order valence-corrected chi connectivity index (χ4v) is 2.12. The summed E-state index contributed by atoms with van der Waals surface area (Å²) < 4.78 is 5.17. The minimum Gasteiger partial charge on any atom is -0.444 e. The van der Waals surface area contributed by atoms with Gasteiger partial charge in [-0.25, -0.2) is 4.79 Å². The van der Waals surface area contributed by atoms with Crippen molar-refractivity contribution in [2.24, 2.45) is 11.8 Å². The van der Waals surface area contributed by atoms with Gasteiger partial charge in [-0.15, -0.1) is 0 Å². The topological polar surface area (TPSA) is 67.4 Å². The molecule has 2 unspecified atom stereocenters. The lowest BCUT2D eigenvalue weighted by molar-refractivity contribution is -0.117. The summed E-state index contributed by atoms with van der Waals surface area (Å²) in [7, 11) is 0. The second-order valence-corrected chi connectivity index (χ2v) is 6.86. The summed E-state index contributed by atoms with van der Waals surface area (Å²) in [5, 5.41) is 5.61. The van der Waals surface area contributed by atoms with Crippen LogP contribution in [0.4, 0.5) is 10.5 Å². The number of benzene rings is 1.